The Labute approximate surface area is 180 Å². The zero-order valence-electron chi connectivity index (χ0n) is 18.0. The molecule has 0 bridgehead atoms. The van der Waals surface area contributed by atoms with E-state index in [0.29, 0.717) is 43.9 Å². The third-order valence-corrected chi connectivity index (χ3v) is 7.78. The van der Waals surface area contributed by atoms with Crippen LogP contribution in [0.4, 0.5) is 5.69 Å². The molecule has 0 saturated carbocycles. The molecule has 0 radical (unpaired) electrons. The van der Waals surface area contributed by atoms with Gasteiger partial charge in [0.05, 0.1) is 4.90 Å². The van der Waals surface area contributed by atoms with Crippen molar-refractivity contribution in [3.05, 3.63) is 59.7 Å². The van der Waals surface area contributed by atoms with Gasteiger partial charge >= 0.3 is 0 Å². The second-order valence-corrected chi connectivity index (χ2v) is 9.54. The maximum atomic E-state index is 12.8. The minimum Gasteiger partial charge on any atom is -0.373 e. The number of likely N-dealkylation sites (N-methyl/N-ethyl adjacent to an activating group) is 1. The van der Waals surface area contributed by atoms with E-state index in [1.165, 1.54) is 9.99 Å². The highest BCUT2D eigenvalue weighted by Gasteiger charge is 2.22. The Morgan fingerprint density at radius 2 is 1.67 bits per heavy atom. The van der Waals surface area contributed by atoms with Crippen LogP contribution in [0.3, 0.4) is 0 Å². The number of sulfonamides is 1. The molecule has 6 nitrogen and oxygen atoms in total. The molecule has 7 heteroatoms. The monoisotopic (exact) mass is 429 g/mol. The maximum absolute atomic E-state index is 12.8. The Hall–Kier alpha value is -2.38. The fourth-order valence-corrected chi connectivity index (χ4v) is 5.31. The maximum Gasteiger partial charge on any atom is 0.243 e. The largest absolute Gasteiger partial charge is 0.373 e. The molecule has 30 heavy (non-hydrogen) atoms. The molecule has 162 valence electrons. The number of carbonyl (C=O) groups is 1. The molecule has 0 aliphatic carbocycles. The van der Waals surface area contributed by atoms with Crippen LogP contribution in [0, 0.1) is 0 Å². The summed E-state index contributed by atoms with van der Waals surface area (Å²) in [7, 11) is -1.39. The molecule has 1 aliphatic rings. The van der Waals surface area contributed by atoms with Crippen molar-refractivity contribution < 1.29 is 13.2 Å². The second kappa shape index (κ2) is 9.62. The van der Waals surface area contributed by atoms with E-state index in [1.807, 2.05) is 43.0 Å². The zero-order valence-corrected chi connectivity index (χ0v) is 18.9. The van der Waals surface area contributed by atoms with E-state index in [1.54, 1.807) is 12.1 Å². The number of anilines is 1. The topological polar surface area (TPSA) is 60.9 Å². The van der Waals surface area contributed by atoms with Crippen molar-refractivity contribution in [1.82, 2.24) is 9.21 Å². The fraction of sp³-hybridized carbons (Fsp3) is 0.435. The molecular weight excluding hydrogens is 398 g/mol. The van der Waals surface area contributed by atoms with Gasteiger partial charge in [-0.2, -0.15) is 4.31 Å². The van der Waals surface area contributed by atoms with Crippen LogP contribution in [0.15, 0.2) is 53.4 Å². The fourth-order valence-electron chi connectivity index (χ4n) is 3.86. The lowest BCUT2D eigenvalue weighted by atomic mass is 10.1. The molecule has 2 aromatic carbocycles. The Kier molecular flexibility index (Phi) is 7.15. The van der Waals surface area contributed by atoms with E-state index < -0.39 is 10.0 Å². The summed E-state index contributed by atoms with van der Waals surface area (Å²) in [5, 5.41) is 0. The second-order valence-electron chi connectivity index (χ2n) is 7.60. The van der Waals surface area contributed by atoms with Crippen LogP contribution in [-0.2, 0) is 27.8 Å². The molecule has 0 N–H and O–H groups in total. The highest BCUT2D eigenvalue weighted by molar-refractivity contribution is 7.89. The number of hydrogen-bond donors (Lipinski definition) is 0. The first-order chi connectivity index (χ1) is 14.4. The molecule has 3 rings (SSSR count). The van der Waals surface area contributed by atoms with E-state index in [0.717, 1.165) is 17.7 Å². The van der Waals surface area contributed by atoms with Crippen LogP contribution >= 0.6 is 0 Å². The average molecular weight is 430 g/mol. The Morgan fingerprint density at radius 3 is 2.33 bits per heavy atom. The van der Waals surface area contributed by atoms with Gasteiger partial charge in [0, 0.05) is 51.9 Å². The van der Waals surface area contributed by atoms with Crippen molar-refractivity contribution in [2.24, 2.45) is 0 Å². The first kappa shape index (κ1) is 22.3. The third kappa shape index (κ3) is 4.84. The summed E-state index contributed by atoms with van der Waals surface area (Å²) in [6.45, 7) is 6.69. The van der Waals surface area contributed by atoms with Gasteiger partial charge in [0.15, 0.2) is 0 Å². The Morgan fingerprint density at radius 1 is 1.00 bits per heavy atom. The van der Waals surface area contributed by atoms with Gasteiger partial charge in [-0.15, -0.1) is 0 Å². The lowest BCUT2D eigenvalue weighted by molar-refractivity contribution is -0.131. The van der Waals surface area contributed by atoms with Crippen molar-refractivity contribution in [3.63, 3.8) is 0 Å². The summed E-state index contributed by atoms with van der Waals surface area (Å²) in [5.41, 5.74) is 3.31. The van der Waals surface area contributed by atoms with Gasteiger partial charge in [-0.3, -0.25) is 4.79 Å². The quantitative estimate of drug-likeness (QED) is 0.679. The predicted molar refractivity (Wildman–Crippen MR) is 120 cm³/mol. The molecule has 0 aromatic heterocycles. The first-order valence-corrected chi connectivity index (χ1v) is 12.0. The number of hydrogen-bond acceptors (Lipinski definition) is 4. The summed E-state index contributed by atoms with van der Waals surface area (Å²) >= 11 is 0. The Balaban J connectivity index is 1.63. The first-order valence-electron chi connectivity index (χ1n) is 10.5. The molecule has 1 amide bonds. The predicted octanol–water partition coefficient (Wildman–Crippen LogP) is 3.13. The van der Waals surface area contributed by atoms with Crippen LogP contribution in [0.2, 0.25) is 0 Å². The van der Waals surface area contributed by atoms with E-state index in [-0.39, 0.29) is 5.91 Å². The van der Waals surface area contributed by atoms with Gasteiger partial charge in [-0.05, 0) is 35.7 Å². The minimum absolute atomic E-state index is 0.125. The molecule has 0 fully saturated rings. The SMILES string of the molecule is CCN(CC)S(=O)(=O)c1ccc(CCC(=O)N2CCN(C)c3ccccc3C2)cc1. The lowest BCUT2D eigenvalue weighted by Gasteiger charge is -2.21. The van der Waals surface area contributed by atoms with Crippen LogP contribution in [0.5, 0.6) is 0 Å². The van der Waals surface area contributed by atoms with E-state index in [2.05, 4.69) is 24.1 Å². The Bertz CT molecular complexity index is 969. The van der Waals surface area contributed by atoms with Gasteiger partial charge in [-0.1, -0.05) is 44.2 Å². The zero-order chi connectivity index (χ0) is 21.7. The number of nitrogens with zero attached hydrogens (tertiary/aromatic N) is 3. The van der Waals surface area contributed by atoms with Gasteiger partial charge in [0.2, 0.25) is 15.9 Å². The van der Waals surface area contributed by atoms with Crippen LogP contribution in [0.25, 0.3) is 0 Å². The van der Waals surface area contributed by atoms with E-state index in [4.69, 9.17) is 0 Å². The number of rotatable bonds is 7. The van der Waals surface area contributed by atoms with Crippen molar-refractivity contribution in [2.45, 2.75) is 38.1 Å². The number of benzene rings is 2. The minimum atomic E-state index is -3.45. The van der Waals surface area contributed by atoms with E-state index in [9.17, 15) is 13.2 Å². The summed E-state index contributed by atoms with van der Waals surface area (Å²) < 4.78 is 26.6. The highest BCUT2D eigenvalue weighted by Crippen LogP contribution is 2.24. The standard InChI is InChI=1S/C23H31N3O3S/c1-4-26(5-2)30(28,29)21-13-10-19(11-14-21)12-15-23(27)25-17-16-24(3)22-9-7-6-8-20(22)18-25/h6-11,13-14H,4-5,12,15-18H2,1-3H3. The van der Waals surface area contributed by atoms with Gasteiger partial charge in [-0.25, -0.2) is 8.42 Å². The number of para-hydroxylation sites is 1. The van der Waals surface area contributed by atoms with E-state index >= 15 is 0 Å². The average Bonchev–Trinajstić information content (AvgIpc) is 2.92. The molecule has 0 spiro atoms. The van der Waals surface area contributed by atoms with Crippen LogP contribution in [-0.4, -0.2) is 56.8 Å². The molecule has 1 aliphatic heterocycles. The normalized spacial score (nSPS) is 14.5. The van der Waals surface area contributed by atoms with Crippen molar-refractivity contribution in [2.75, 3.05) is 38.1 Å². The smallest absolute Gasteiger partial charge is 0.243 e. The number of aryl methyl sites for hydroxylation is 1. The van der Waals surface area contributed by atoms with Crippen molar-refractivity contribution in [3.8, 4) is 0 Å². The number of fused-ring (bicyclic) bond motifs is 1. The molecule has 1 heterocycles. The molecular formula is C23H31N3O3S. The summed E-state index contributed by atoms with van der Waals surface area (Å²) in [5.74, 6) is 0.125. The van der Waals surface area contributed by atoms with Crippen LogP contribution in [0.1, 0.15) is 31.4 Å². The van der Waals surface area contributed by atoms with Crippen molar-refractivity contribution >= 4 is 21.6 Å². The van der Waals surface area contributed by atoms with Gasteiger partial charge in [0.25, 0.3) is 0 Å². The highest BCUT2D eigenvalue weighted by atomic mass is 32.2. The number of carbonyl (C=O) groups excluding carboxylic acids is 1. The van der Waals surface area contributed by atoms with Gasteiger partial charge in [0.1, 0.15) is 0 Å². The molecule has 0 atom stereocenters. The van der Waals surface area contributed by atoms with Crippen LogP contribution < -0.4 is 4.90 Å². The third-order valence-electron chi connectivity index (χ3n) is 5.72. The summed E-state index contributed by atoms with van der Waals surface area (Å²) in [6, 6.07) is 15.1. The summed E-state index contributed by atoms with van der Waals surface area (Å²) in [6.07, 6.45) is 1.01. The lowest BCUT2D eigenvalue weighted by Crippen LogP contribution is -2.34. The van der Waals surface area contributed by atoms with Gasteiger partial charge < -0.3 is 9.80 Å². The molecule has 0 saturated heterocycles. The number of amides is 1. The molecule has 2 aromatic rings. The molecule has 0 unspecified atom stereocenters. The summed E-state index contributed by atoms with van der Waals surface area (Å²) in [4.78, 5) is 17.2. The van der Waals surface area contributed by atoms with Crippen molar-refractivity contribution in [1.29, 1.82) is 0 Å².